The predicted molar refractivity (Wildman–Crippen MR) is 54.5 cm³/mol. The SMILES string of the molecule is CCOC(COC(F)(F)C(F)(F)F)(OCC)S(=O)(=O)O. The van der Waals surface area contributed by atoms with Gasteiger partial charge < -0.3 is 14.2 Å². The maximum Gasteiger partial charge on any atom is 0.482 e. The third kappa shape index (κ3) is 4.48. The second kappa shape index (κ2) is 6.47. The van der Waals surface area contributed by atoms with Gasteiger partial charge in [-0.25, -0.2) is 0 Å². The topological polar surface area (TPSA) is 82.1 Å². The molecule has 0 atom stereocenters. The average Bonchev–Trinajstić information content (AvgIpc) is 2.23. The van der Waals surface area contributed by atoms with Crippen LogP contribution in [0.15, 0.2) is 0 Å². The second-order valence-corrected chi connectivity index (χ2v) is 4.90. The van der Waals surface area contributed by atoms with Crippen molar-refractivity contribution in [2.24, 2.45) is 0 Å². The summed E-state index contributed by atoms with van der Waals surface area (Å²) in [4.78, 5) is 0. The van der Waals surface area contributed by atoms with E-state index in [4.69, 9.17) is 4.55 Å². The molecule has 0 aromatic rings. The van der Waals surface area contributed by atoms with Crippen molar-refractivity contribution in [2.45, 2.75) is 31.3 Å². The fourth-order valence-electron chi connectivity index (χ4n) is 1.05. The summed E-state index contributed by atoms with van der Waals surface area (Å²) in [5.41, 5.74) is 0. The van der Waals surface area contributed by atoms with Crippen LogP contribution >= 0.6 is 0 Å². The molecule has 0 aliphatic carbocycles. The van der Waals surface area contributed by atoms with E-state index in [1.807, 2.05) is 0 Å². The van der Waals surface area contributed by atoms with Gasteiger partial charge in [-0.2, -0.15) is 30.4 Å². The van der Waals surface area contributed by atoms with Gasteiger partial charge in [-0.3, -0.25) is 4.55 Å². The van der Waals surface area contributed by atoms with Crippen molar-refractivity contribution in [3.05, 3.63) is 0 Å². The van der Waals surface area contributed by atoms with Gasteiger partial charge >= 0.3 is 27.5 Å². The highest BCUT2D eigenvalue weighted by atomic mass is 32.2. The van der Waals surface area contributed by atoms with Gasteiger partial charge in [-0.05, 0) is 13.8 Å². The molecule has 0 spiro atoms. The van der Waals surface area contributed by atoms with Gasteiger partial charge in [0.2, 0.25) is 0 Å². The maximum absolute atomic E-state index is 12.6. The summed E-state index contributed by atoms with van der Waals surface area (Å²) in [6, 6.07) is 0. The van der Waals surface area contributed by atoms with Crippen LogP contribution in [-0.4, -0.2) is 50.2 Å². The van der Waals surface area contributed by atoms with Crippen LogP contribution in [0.5, 0.6) is 0 Å². The van der Waals surface area contributed by atoms with E-state index in [1.54, 1.807) is 0 Å². The predicted octanol–water partition coefficient (Wildman–Crippen LogP) is 1.77. The zero-order chi connectivity index (χ0) is 16.2. The largest absolute Gasteiger partial charge is 0.482 e. The number of rotatable bonds is 8. The number of ether oxygens (including phenoxy) is 3. The first-order valence-corrected chi connectivity index (χ1v) is 6.60. The Bertz CT molecular complexity index is 400. The number of halogens is 5. The van der Waals surface area contributed by atoms with E-state index in [9.17, 15) is 30.4 Å². The number of hydrogen-bond acceptors (Lipinski definition) is 5. The summed E-state index contributed by atoms with van der Waals surface area (Å²) < 4.78 is 104. The Morgan fingerprint density at radius 2 is 1.35 bits per heavy atom. The van der Waals surface area contributed by atoms with Gasteiger partial charge in [0.25, 0.3) is 0 Å². The lowest BCUT2D eigenvalue weighted by atomic mass is 10.5. The van der Waals surface area contributed by atoms with Crippen LogP contribution in [0.4, 0.5) is 22.0 Å². The standard InChI is InChI=1S/C8H13F5O6S/c1-3-17-6(18-4-2,20(14,15)16)5-19-8(12,13)7(9,10)11/h3-5H2,1-2H3,(H,14,15,16). The van der Waals surface area contributed by atoms with Gasteiger partial charge in [0.1, 0.15) is 6.61 Å². The molecule has 0 bridgehead atoms. The van der Waals surface area contributed by atoms with Crippen LogP contribution < -0.4 is 0 Å². The molecule has 0 fully saturated rings. The van der Waals surface area contributed by atoms with Crippen molar-refractivity contribution in [2.75, 3.05) is 19.8 Å². The molecule has 0 aliphatic rings. The monoisotopic (exact) mass is 332 g/mol. The second-order valence-electron chi connectivity index (χ2n) is 3.33. The fourth-order valence-corrected chi connectivity index (χ4v) is 1.79. The van der Waals surface area contributed by atoms with Crippen LogP contribution in [0.2, 0.25) is 0 Å². The van der Waals surface area contributed by atoms with E-state index < -0.39 is 47.3 Å². The number of alkyl halides is 5. The van der Waals surface area contributed by atoms with Crippen LogP contribution in [-0.2, 0) is 24.3 Å². The summed E-state index contributed by atoms with van der Waals surface area (Å²) in [7, 11) is -5.29. The molecule has 0 aliphatic heterocycles. The minimum Gasteiger partial charge on any atom is -0.334 e. The molecule has 0 saturated heterocycles. The molecule has 0 rings (SSSR count). The smallest absolute Gasteiger partial charge is 0.334 e. The Morgan fingerprint density at radius 1 is 0.950 bits per heavy atom. The molecule has 0 unspecified atom stereocenters. The summed E-state index contributed by atoms with van der Waals surface area (Å²) in [6.45, 7) is -0.372. The zero-order valence-corrected chi connectivity index (χ0v) is 11.2. The van der Waals surface area contributed by atoms with Crippen molar-refractivity contribution < 1.29 is 49.1 Å². The van der Waals surface area contributed by atoms with E-state index in [0.29, 0.717) is 0 Å². The maximum atomic E-state index is 12.6. The molecular weight excluding hydrogens is 319 g/mol. The quantitative estimate of drug-likeness (QED) is 0.414. The minimum atomic E-state index is -6.06. The lowest BCUT2D eigenvalue weighted by molar-refractivity contribution is -0.403. The zero-order valence-electron chi connectivity index (χ0n) is 10.4. The molecule has 0 saturated carbocycles. The van der Waals surface area contributed by atoms with Crippen LogP contribution in [0.25, 0.3) is 0 Å². The minimum absolute atomic E-state index is 0.458. The fraction of sp³-hybridized carbons (Fsp3) is 1.00. The lowest BCUT2D eigenvalue weighted by Gasteiger charge is -2.31. The van der Waals surface area contributed by atoms with Crippen LogP contribution in [0, 0.1) is 0 Å². The van der Waals surface area contributed by atoms with Gasteiger partial charge in [-0.1, -0.05) is 0 Å². The highest BCUT2D eigenvalue weighted by Crippen LogP contribution is 2.37. The number of hydrogen-bond donors (Lipinski definition) is 1. The first-order valence-electron chi connectivity index (χ1n) is 5.16. The van der Waals surface area contributed by atoms with E-state index in [-0.39, 0.29) is 0 Å². The van der Waals surface area contributed by atoms with Gasteiger partial charge in [0, 0.05) is 13.2 Å². The Morgan fingerprint density at radius 3 is 1.60 bits per heavy atom. The molecule has 1 N–H and O–H groups in total. The summed E-state index contributed by atoms with van der Waals surface area (Å²) >= 11 is 0. The third-order valence-corrected chi connectivity index (χ3v) is 3.02. The molecule has 0 aromatic heterocycles. The lowest BCUT2D eigenvalue weighted by Crippen LogP contribution is -2.51. The highest BCUT2D eigenvalue weighted by Gasteiger charge is 2.61. The molecule has 0 aromatic carbocycles. The average molecular weight is 332 g/mol. The van der Waals surface area contributed by atoms with Gasteiger partial charge in [0.15, 0.2) is 0 Å². The third-order valence-electron chi connectivity index (χ3n) is 1.88. The Kier molecular flexibility index (Phi) is 6.29. The Hall–Kier alpha value is -0.560. The normalized spacial score (nSPS) is 14.6. The van der Waals surface area contributed by atoms with Gasteiger partial charge in [-0.15, -0.1) is 0 Å². The molecule has 0 amide bonds. The van der Waals surface area contributed by atoms with Crippen LogP contribution in [0.1, 0.15) is 13.8 Å². The molecule has 20 heavy (non-hydrogen) atoms. The Labute approximate surface area is 111 Å². The van der Waals surface area contributed by atoms with Crippen LogP contribution in [0.3, 0.4) is 0 Å². The Balaban J connectivity index is 5.29. The molecule has 12 heteroatoms. The molecule has 6 nitrogen and oxygen atoms in total. The van der Waals surface area contributed by atoms with Crippen molar-refractivity contribution in [1.82, 2.24) is 0 Å². The van der Waals surface area contributed by atoms with Crippen molar-refractivity contribution >= 4 is 10.1 Å². The van der Waals surface area contributed by atoms with E-state index in [2.05, 4.69) is 14.2 Å². The van der Waals surface area contributed by atoms with Crippen molar-refractivity contribution in [3.63, 3.8) is 0 Å². The highest BCUT2D eigenvalue weighted by molar-refractivity contribution is 7.86. The van der Waals surface area contributed by atoms with E-state index in [0.717, 1.165) is 0 Å². The van der Waals surface area contributed by atoms with E-state index >= 15 is 0 Å². The molecule has 0 radical (unpaired) electrons. The van der Waals surface area contributed by atoms with Crippen molar-refractivity contribution in [3.8, 4) is 0 Å². The van der Waals surface area contributed by atoms with Gasteiger partial charge in [0.05, 0.1) is 0 Å². The summed E-state index contributed by atoms with van der Waals surface area (Å²) in [6.07, 6.45) is -11.7. The molecule has 0 heterocycles. The first kappa shape index (κ1) is 19.4. The van der Waals surface area contributed by atoms with Crippen molar-refractivity contribution in [1.29, 1.82) is 0 Å². The summed E-state index contributed by atoms with van der Waals surface area (Å²) in [5.74, 6) is 0. The first-order chi connectivity index (χ1) is 8.83. The summed E-state index contributed by atoms with van der Waals surface area (Å²) in [5, 5.41) is -3.16. The molecule has 122 valence electrons. The molecular formula is C8H13F5O6S. The van der Waals surface area contributed by atoms with E-state index in [1.165, 1.54) is 13.8 Å².